The number of nitrogens with one attached hydrogen (secondary N) is 1. The fraction of sp³-hybridized carbons (Fsp3) is 0.200. The highest BCUT2D eigenvalue weighted by Crippen LogP contribution is 2.24. The molecule has 1 heterocycles. The van der Waals surface area contributed by atoms with E-state index in [9.17, 15) is 14.4 Å². The summed E-state index contributed by atoms with van der Waals surface area (Å²) in [6, 6.07) is 13.5. The second-order valence-corrected chi connectivity index (χ2v) is 7.18. The van der Waals surface area contributed by atoms with Gasteiger partial charge in [-0.25, -0.2) is 9.78 Å². The predicted octanol–water partition coefficient (Wildman–Crippen LogP) is 2.46. The molecule has 0 unspecified atom stereocenters. The number of amides is 3. The zero-order valence-electron chi connectivity index (χ0n) is 15.8. The predicted molar refractivity (Wildman–Crippen MR) is 112 cm³/mol. The zero-order chi connectivity index (χ0) is 20.8. The van der Waals surface area contributed by atoms with Crippen molar-refractivity contribution in [3.8, 4) is 11.4 Å². The Morgan fingerprint density at radius 3 is 2.76 bits per heavy atom. The van der Waals surface area contributed by atoms with Gasteiger partial charge in [-0.3, -0.25) is 19.5 Å². The first-order chi connectivity index (χ1) is 14.0. The number of aromatic nitrogens is 2. The lowest BCUT2D eigenvalue weighted by molar-refractivity contribution is -0.119. The zero-order valence-corrected chi connectivity index (χ0v) is 16.6. The molecule has 0 bridgehead atoms. The number of benzene rings is 2. The summed E-state index contributed by atoms with van der Waals surface area (Å²) in [6.07, 6.45) is 0.636. The number of carbonyl (C=O) groups excluding carboxylic acids is 2. The van der Waals surface area contributed by atoms with Crippen molar-refractivity contribution in [3.63, 3.8) is 0 Å². The molecule has 0 fully saturated rings. The molecule has 8 nitrogen and oxygen atoms in total. The van der Waals surface area contributed by atoms with Crippen molar-refractivity contribution < 1.29 is 14.3 Å². The number of urea groups is 1. The first-order valence-corrected chi connectivity index (χ1v) is 9.86. The topological polar surface area (TPSA) is 116 Å². The van der Waals surface area contributed by atoms with Crippen molar-refractivity contribution in [2.75, 3.05) is 12.9 Å². The van der Waals surface area contributed by atoms with E-state index in [0.717, 1.165) is 0 Å². The molecule has 29 heavy (non-hydrogen) atoms. The Hall–Kier alpha value is -3.33. The van der Waals surface area contributed by atoms with Crippen molar-refractivity contribution in [2.45, 2.75) is 18.0 Å². The highest BCUT2D eigenvalue weighted by molar-refractivity contribution is 7.99. The second kappa shape index (κ2) is 9.24. The Morgan fingerprint density at radius 1 is 1.21 bits per heavy atom. The number of para-hydroxylation sites is 1. The van der Waals surface area contributed by atoms with Gasteiger partial charge in [0.15, 0.2) is 5.16 Å². The van der Waals surface area contributed by atoms with Gasteiger partial charge < -0.3 is 10.5 Å². The van der Waals surface area contributed by atoms with Crippen LogP contribution in [0.1, 0.15) is 12.8 Å². The summed E-state index contributed by atoms with van der Waals surface area (Å²) in [5.41, 5.74) is 5.99. The molecular formula is C20H20N4O4S. The summed E-state index contributed by atoms with van der Waals surface area (Å²) in [5.74, 6) is 0.720. The summed E-state index contributed by atoms with van der Waals surface area (Å²) in [4.78, 5) is 40.1. The molecule has 3 rings (SSSR count). The van der Waals surface area contributed by atoms with Crippen LogP contribution in [0.2, 0.25) is 0 Å². The van der Waals surface area contributed by atoms with Crippen LogP contribution in [0, 0.1) is 0 Å². The molecule has 9 heteroatoms. The molecule has 0 radical (unpaired) electrons. The number of hydrogen-bond donors (Lipinski definition) is 2. The number of carbonyl (C=O) groups is 2. The van der Waals surface area contributed by atoms with E-state index < -0.39 is 11.9 Å². The maximum atomic E-state index is 13.2. The molecule has 0 atom stereocenters. The molecule has 150 valence electrons. The molecule has 1 aromatic heterocycles. The number of fused-ring (bicyclic) bond motifs is 1. The van der Waals surface area contributed by atoms with Crippen LogP contribution in [0.15, 0.2) is 58.5 Å². The number of nitrogens with two attached hydrogens (primary N) is 1. The third-order valence-electron chi connectivity index (χ3n) is 4.10. The highest BCUT2D eigenvalue weighted by Gasteiger charge is 2.14. The lowest BCUT2D eigenvalue weighted by Crippen LogP contribution is -2.34. The lowest BCUT2D eigenvalue weighted by Gasteiger charge is -2.14. The summed E-state index contributed by atoms with van der Waals surface area (Å²) in [6.45, 7) is 0. The minimum absolute atomic E-state index is 0.146. The van der Waals surface area contributed by atoms with Gasteiger partial charge in [-0.2, -0.15) is 0 Å². The van der Waals surface area contributed by atoms with E-state index in [1.807, 2.05) is 17.4 Å². The van der Waals surface area contributed by atoms with Crippen LogP contribution in [-0.2, 0) is 4.79 Å². The van der Waals surface area contributed by atoms with E-state index in [1.54, 1.807) is 48.1 Å². The van der Waals surface area contributed by atoms with Gasteiger partial charge in [0.05, 0.1) is 23.7 Å². The van der Waals surface area contributed by atoms with Gasteiger partial charge in [0.1, 0.15) is 5.75 Å². The lowest BCUT2D eigenvalue weighted by atomic mass is 10.2. The van der Waals surface area contributed by atoms with Crippen molar-refractivity contribution in [3.05, 3.63) is 58.9 Å². The van der Waals surface area contributed by atoms with Crippen LogP contribution in [-0.4, -0.2) is 34.4 Å². The quantitative estimate of drug-likeness (QED) is 0.350. The second-order valence-electron chi connectivity index (χ2n) is 6.12. The average Bonchev–Trinajstić information content (AvgIpc) is 2.71. The van der Waals surface area contributed by atoms with Crippen molar-refractivity contribution in [2.24, 2.45) is 5.73 Å². The minimum Gasteiger partial charge on any atom is -0.497 e. The number of thioether (sulfide) groups is 1. The van der Waals surface area contributed by atoms with E-state index >= 15 is 0 Å². The smallest absolute Gasteiger partial charge is 0.318 e. The number of ether oxygens (including phenoxy) is 1. The normalized spacial score (nSPS) is 10.7. The first-order valence-electron chi connectivity index (χ1n) is 8.88. The Balaban J connectivity index is 1.91. The Labute approximate surface area is 171 Å². The molecule has 0 aliphatic heterocycles. The Bertz CT molecular complexity index is 1110. The van der Waals surface area contributed by atoms with E-state index in [4.69, 9.17) is 10.5 Å². The van der Waals surface area contributed by atoms with Crippen molar-refractivity contribution in [1.82, 2.24) is 14.9 Å². The number of primary amides is 1. The maximum absolute atomic E-state index is 13.2. The van der Waals surface area contributed by atoms with E-state index in [0.29, 0.717) is 39.7 Å². The SMILES string of the molecule is COc1cccc(-n2c(SCCCC(=O)NC(N)=O)nc3ccccc3c2=O)c1. The molecule has 2 aromatic carbocycles. The third-order valence-corrected chi connectivity index (χ3v) is 5.12. The fourth-order valence-corrected chi connectivity index (χ4v) is 3.73. The molecule has 0 spiro atoms. The first kappa shape index (κ1) is 20.4. The van der Waals surface area contributed by atoms with E-state index in [1.165, 1.54) is 11.8 Å². The molecule has 0 saturated carbocycles. The molecule has 0 aliphatic rings. The minimum atomic E-state index is -0.870. The highest BCUT2D eigenvalue weighted by atomic mass is 32.2. The Kier molecular flexibility index (Phi) is 6.50. The van der Waals surface area contributed by atoms with Gasteiger partial charge >= 0.3 is 6.03 Å². The van der Waals surface area contributed by atoms with Crippen LogP contribution in [0.4, 0.5) is 4.79 Å². The number of hydrogen-bond acceptors (Lipinski definition) is 6. The molecular weight excluding hydrogens is 392 g/mol. The molecule has 3 N–H and O–H groups in total. The standard InChI is InChI=1S/C20H20N4O4S/c1-28-14-7-4-6-13(12-14)24-18(26)15-8-2-3-9-16(15)22-20(24)29-11-5-10-17(25)23-19(21)27/h2-4,6-9,12H,5,10-11H2,1H3,(H3,21,23,25,27). The molecule has 3 amide bonds. The van der Waals surface area contributed by atoms with Crippen LogP contribution in [0.3, 0.4) is 0 Å². The van der Waals surface area contributed by atoms with Crippen LogP contribution >= 0.6 is 11.8 Å². The maximum Gasteiger partial charge on any atom is 0.318 e. The van der Waals surface area contributed by atoms with Gasteiger partial charge in [-0.1, -0.05) is 30.0 Å². The van der Waals surface area contributed by atoms with Crippen molar-refractivity contribution >= 4 is 34.6 Å². The number of methoxy groups -OCH3 is 1. The number of imide groups is 1. The molecule has 3 aromatic rings. The van der Waals surface area contributed by atoms with Crippen molar-refractivity contribution in [1.29, 1.82) is 0 Å². The third kappa shape index (κ3) is 4.94. The van der Waals surface area contributed by atoms with E-state index in [-0.39, 0.29) is 12.0 Å². The van der Waals surface area contributed by atoms with Crippen LogP contribution in [0.25, 0.3) is 16.6 Å². The summed E-state index contributed by atoms with van der Waals surface area (Å²) < 4.78 is 6.82. The van der Waals surface area contributed by atoms with Gasteiger partial charge in [0.25, 0.3) is 5.56 Å². The van der Waals surface area contributed by atoms with Gasteiger partial charge in [-0.15, -0.1) is 0 Å². The molecule has 0 saturated heterocycles. The monoisotopic (exact) mass is 412 g/mol. The van der Waals surface area contributed by atoms with E-state index in [2.05, 4.69) is 4.98 Å². The van der Waals surface area contributed by atoms with Crippen LogP contribution < -0.4 is 21.3 Å². The van der Waals surface area contributed by atoms with Gasteiger partial charge in [0.2, 0.25) is 5.91 Å². The fourth-order valence-electron chi connectivity index (χ4n) is 2.78. The molecule has 0 aliphatic carbocycles. The summed E-state index contributed by atoms with van der Waals surface area (Å²) in [7, 11) is 1.56. The largest absolute Gasteiger partial charge is 0.497 e. The Morgan fingerprint density at radius 2 is 2.00 bits per heavy atom. The van der Waals surface area contributed by atoms with Crippen LogP contribution in [0.5, 0.6) is 5.75 Å². The number of rotatable bonds is 7. The number of nitrogens with zero attached hydrogens (tertiary/aromatic N) is 2. The average molecular weight is 412 g/mol. The summed E-state index contributed by atoms with van der Waals surface area (Å²) >= 11 is 1.36. The van der Waals surface area contributed by atoms with Gasteiger partial charge in [0, 0.05) is 18.2 Å². The summed E-state index contributed by atoms with van der Waals surface area (Å²) in [5, 5.41) is 3.06. The van der Waals surface area contributed by atoms with Gasteiger partial charge in [-0.05, 0) is 30.7 Å².